The summed E-state index contributed by atoms with van der Waals surface area (Å²) in [5, 5.41) is 3.24. The molecule has 1 aromatic heterocycles. The fraction of sp³-hybridized carbons (Fsp3) is 0.308. The molecule has 0 aliphatic carbocycles. The van der Waals surface area contributed by atoms with Gasteiger partial charge in [-0.15, -0.1) is 0 Å². The van der Waals surface area contributed by atoms with Crippen LogP contribution in [0.1, 0.15) is 42.1 Å². The van der Waals surface area contributed by atoms with Gasteiger partial charge in [0.15, 0.2) is 0 Å². The number of nitrogens with one attached hydrogen (secondary N) is 1. The lowest BCUT2D eigenvalue weighted by atomic mass is 10.1. The lowest BCUT2D eigenvalue weighted by Crippen LogP contribution is -2.35. The number of benzene rings is 2. The monoisotopic (exact) mass is 441 g/mol. The molecule has 1 saturated heterocycles. The topological polar surface area (TPSA) is 78.4 Å². The van der Waals surface area contributed by atoms with E-state index in [-0.39, 0.29) is 18.2 Å². The minimum atomic E-state index is 0.00841. The van der Waals surface area contributed by atoms with Crippen LogP contribution < -0.4 is 10.2 Å². The molecule has 33 heavy (non-hydrogen) atoms. The molecule has 2 aliphatic rings. The Balaban J connectivity index is 1.39. The van der Waals surface area contributed by atoms with Crippen LogP contribution in [0.2, 0.25) is 0 Å². The molecule has 2 amide bonds. The fourth-order valence-corrected chi connectivity index (χ4v) is 4.73. The maximum absolute atomic E-state index is 12.9. The number of likely N-dealkylation sites (tertiary alicyclic amines) is 1. The van der Waals surface area contributed by atoms with Crippen LogP contribution in [0, 0.1) is 0 Å². The van der Waals surface area contributed by atoms with Crippen molar-refractivity contribution in [3.8, 4) is 11.3 Å². The third-order valence-corrected chi connectivity index (χ3v) is 6.60. The SMILES string of the molecule is CCC1CCCN1C(=O)c1ccc(Nc2ncc3c(n2)-c2ccccc2N(C)C(=O)C3)cc1. The third kappa shape index (κ3) is 3.95. The van der Waals surface area contributed by atoms with Crippen LogP contribution in [0.4, 0.5) is 17.3 Å². The van der Waals surface area contributed by atoms with Gasteiger partial charge in [0.2, 0.25) is 11.9 Å². The first-order chi connectivity index (χ1) is 16.0. The Kier molecular flexibility index (Phi) is 5.54. The highest BCUT2D eigenvalue weighted by atomic mass is 16.2. The molecule has 1 unspecified atom stereocenters. The maximum atomic E-state index is 12.9. The molecule has 168 valence electrons. The molecule has 2 aromatic carbocycles. The summed E-state index contributed by atoms with van der Waals surface area (Å²) in [6.07, 6.45) is 5.12. The van der Waals surface area contributed by atoms with Gasteiger partial charge in [-0.3, -0.25) is 9.59 Å². The van der Waals surface area contributed by atoms with Gasteiger partial charge in [-0.2, -0.15) is 0 Å². The number of aromatic nitrogens is 2. The van der Waals surface area contributed by atoms with E-state index in [0.717, 1.165) is 54.0 Å². The van der Waals surface area contributed by atoms with Gasteiger partial charge < -0.3 is 15.1 Å². The number of rotatable bonds is 4. The van der Waals surface area contributed by atoms with E-state index < -0.39 is 0 Å². The van der Waals surface area contributed by atoms with Crippen LogP contribution in [0.15, 0.2) is 54.7 Å². The molecule has 1 N–H and O–H groups in total. The van der Waals surface area contributed by atoms with Gasteiger partial charge in [-0.25, -0.2) is 9.97 Å². The molecule has 0 radical (unpaired) electrons. The number of carbonyl (C=O) groups excluding carboxylic acids is 2. The summed E-state index contributed by atoms with van der Waals surface area (Å²) in [5.74, 6) is 0.553. The van der Waals surface area contributed by atoms with Gasteiger partial charge in [0, 0.05) is 48.2 Å². The van der Waals surface area contributed by atoms with Crippen molar-refractivity contribution in [3.63, 3.8) is 0 Å². The zero-order chi connectivity index (χ0) is 22.9. The number of anilines is 3. The minimum Gasteiger partial charge on any atom is -0.336 e. The number of fused-ring (bicyclic) bond motifs is 3. The molecular formula is C26H27N5O2. The zero-order valence-corrected chi connectivity index (χ0v) is 18.9. The van der Waals surface area contributed by atoms with E-state index in [9.17, 15) is 9.59 Å². The fourth-order valence-electron chi connectivity index (χ4n) is 4.73. The summed E-state index contributed by atoms with van der Waals surface area (Å²) in [4.78, 5) is 38.3. The van der Waals surface area contributed by atoms with E-state index >= 15 is 0 Å². The second-order valence-electron chi connectivity index (χ2n) is 8.62. The molecule has 0 bridgehead atoms. The Morgan fingerprint density at radius 3 is 2.73 bits per heavy atom. The van der Waals surface area contributed by atoms with Crippen molar-refractivity contribution in [1.82, 2.24) is 14.9 Å². The summed E-state index contributed by atoms with van der Waals surface area (Å²) in [6, 6.07) is 15.6. The number of likely N-dealkylation sites (N-methyl/N-ethyl adjacent to an activating group) is 1. The second-order valence-corrected chi connectivity index (χ2v) is 8.62. The highest BCUT2D eigenvalue weighted by Gasteiger charge is 2.28. The standard InChI is InChI=1S/C26H27N5O2/c1-3-20-7-6-14-31(20)25(33)17-10-12-19(13-11-17)28-26-27-16-18-15-23(32)30(2)22-9-5-4-8-21(22)24(18)29-26/h4-5,8-13,16,20H,3,6-7,14-15H2,1-2H3,(H,27,28,29). The van der Waals surface area contributed by atoms with Gasteiger partial charge >= 0.3 is 0 Å². The summed E-state index contributed by atoms with van der Waals surface area (Å²) >= 11 is 0. The number of para-hydroxylation sites is 1. The van der Waals surface area contributed by atoms with Gasteiger partial charge in [0.1, 0.15) is 0 Å². The smallest absolute Gasteiger partial charge is 0.254 e. The number of nitrogens with zero attached hydrogens (tertiary/aromatic N) is 4. The van der Waals surface area contributed by atoms with E-state index in [1.807, 2.05) is 53.4 Å². The van der Waals surface area contributed by atoms with E-state index in [4.69, 9.17) is 4.98 Å². The minimum absolute atomic E-state index is 0.00841. The van der Waals surface area contributed by atoms with Crippen LogP contribution in [-0.4, -0.2) is 46.3 Å². The third-order valence-electron chi connectivity index (χ3n) is 6.60. The number of carbonyl (C=O) groups is 2. The number of hydrogen-bond acceptors (Lipinski definition) is 5. The van der Waals surface area contributed by atoms with Crippen LogP contribution >= 0.6 is 0 Å². The van der Waals surface area contributed by atoms with Crippen molar-refractivity contribution in [3.05, 3.63) is 65.9 Å². The first kappa shape index (κ1) is 21.1. The molecule has 7 nitrogen and oxygen atoms in total. The van der Waals surface area contributed by atoms with Crippen molar-refractivity contribution in [1.29, 1.82) is 0 Å². The molecule has 3 heterocycles. The summed E-state index contributed by atoms with van der Waals surface area (Å²) in [6.45, 7) is 2.97. The molecule has 0 saturated carbocycles. The van der Waals surface area contributed by atoms with Gasteiger partial charge in [0.05, 0.1) is 17.8 Å². The summed E-state index contributed by atoms with van der Waals surface area (Å²) in [5.41, 5.74) is 4.80. The molecule has 7 heteroatoms. The average molecular weight is 442 g/mol. The molecule has 3 aromatic rings. The second kappa shape index (κ2) is 8.65. The first-order valence-electron chi connectivity index (χ1n) is 11.4. The number of amides is 2. The Morgan fingerprint density at radius 1 is 1.15 bits per heavy atom. The van der Waals surface area contributed by atoms with E-state index in [0.29, 0.717) is 17.6 Å². The highest BCUT2D eigenvalue weighted by Crippen LogP contribution is 2.35. The van der Waals surface area contributed by atoms with Crippen molar-refractivity contribution in [2.75, 3.05) is 23.8 Å². The Hall–Kier alpha value is -3.74. The Bertz CT molecular complexity index is 1210. The predicted molar refractivity (Wildman–Crippen MR) is 129 cm³/mol. The zero-order valence-electron chi connectivity index (χ0n) is 18.9. The van der Waals surface area contributed by atoms with E-state index in [1.54, 1.807) is 18.1 Å². The lowest BCUT2D eigenvalue weighted by molar-refractivity contribution is -0.117. The van der Waals surface area contributed by atoms with Crippen molar-refractivity contribution in [2.45, 2.75) is 38.6 Å². The molecule has 5 rings (SSSR count). The van der Waals surface area contributed by atoms with Gasteiger partial charge in [-0.05, 0) is 49.6 Å². The van der Waals surface area contributed by atoms with Crippen LogP contribution in [-0.2, 0) is 11.2 Å². The molecule has 2 aliphatic heterocycles. The van der Waals surface area contributed by atoms with Crippen LogP contribution in [0.3, 0.4) is 0 Å². The normalized spacial score (nSPS) is 17.4. The molecule has 1 fully saturated rings. The lowest BCUT2D eigenvalue weighted by Gasteiger charge is -2.23. The average Bonchev–Trinajstić information content (AvgIpc) is 3.30. The van der Waals surface area contributed by atoms with Crippen molar-refractivity contribution >= 4 is 29.1 Å². The van der Waals surface area contributed by atoms with Gasteiger partial charge in [0.25, 0.3) is 5.91 Å². The van der Waals surface area contributed by atoms with Gasteiger partial charge in [-0.1, -0.05) is 25.1 Å². The quantitative estimate of drug-likeness (QED) is 0.648. The first-order valence-corrected chi connectivity index (χ1v) is 11.4. The van der Waals surface area contributed by atoms with Crippen molar-refractivity contribution in [2.24, 2.45) is 0 Å². The van der Waals surface area contributed by atoms with E-state index in [1.165, 1.54) is 0 Å². The molecular weight excluding hydrogens is 414 g/mol. The largest absolute Gasteiger partial charge is 0.336 e. The maximum Gasteiger partial charge on any atom is 0.254 e. The molecule has 0 spiro atoms. The van der Waals surface area contributed by atoms with Crippen molar-refractivity contribution < 1.29 is 9.59 Å². The Labute approximate surface area is 193 Å². The van der Waals surface area contributed by atoms with Crippen LogP contribution in [0.25, 0.3) is 11.3 Å². The Morgan fingerprint density at radius 2 is 1.94 bits per heavy atom. The predicted octanol–water partition coefficient (Wildman–Crippen LogP) is 4.42. The molecule has 1 atom stereocenters. The summed E-state index contributed by atoms with van der Waals surface area (Å²) in [7, 11) is 1.79. The summed E-state index contributed by atoms with van der Waals surface area (Å²) < 4.78 is 0. The number of hydrogen-bond donors (Lipinski definition) is 1. The van der Waals surface area contributed by atoms with E-state index in [2.05, 4.69) is 17.2 Å². The highest BCUT2D eigenvalue weighted by molar-refractivity contribution is 6.01. The van der Waals surface area contributed by atoms with Crippen LogP contribution in [0.5, 0.6) is 0 Å².